The van der Waals surface area contributed by atoms with Crippen molar-refractivity contribution in [3.63, 3.8) is 0 Å². The van der Waals surface area contributed by atoms with E-state index in [2.05, 4.69) is 6.92 Å². The maximum atomic E-state index is 12.0. The number of carbonyl (C=O) groups is 1. The Bertz CT molecular complexity index is 350. The Morgan fingerprint density at radius 1 is 1.38 bits per heavy atom. The van der Waals surface area contributed by atoms with Crippen molar-refractivity contribution in [2.24, 2.45) is 0 Å². The standard InChI is InChI=1S/C13H20N2O/c1-3-4-5-9-15(2)13(16)11-7-6-8-12(14)10-11/h6-8,10H,3-5,9,14H2,1-2H3. The summed E-state index contributed by atoms with van der Waals surface area (Å²) in [5, 5.41) is 0. The molecule has 1 rings (SSSR count). The first-order valence-electron chi connectivity index (χ1n) is 5.76. The molecule has 3 heteroatoms. The van der Waals surface area contributed by atoms with Crippen LogP contribution in [0.25, 0.3) is 0 Å². The number of benzene rings is 1. The first-order valence-corrected chi connectivity index (χ1v) is 5.76. The van der Waals surface area contributed by atoms with Crippen molar-refractivity contribution in [3.8, 4) is 0 Å². The third-order valence-corrected chi connectivity index (χ3v) is 2.58. The number of rotatable bonds is 5. The maximum Gasteiger partial charge on any atom is 0.253 e. The first-order chi connectivity index (χ1) is 7.65. The van der Waals surface area contributed by atoms with Crippen LogP contribution < -0.4 is 5.73 Å². The van der Waals surface area contributed by atoms with Gasteiger partial charge in [0, 0.05) is 24.8 Å². The molecule has 0 saturated heterocycles. The van der Waals surface area contributed by atoms with E-state index < -0.39 is 0 Å². The highest BCUT2D eigenvalue weighted by atomic mass is 16.2. The number of hydrogen-bond donors (Lipinski definition) is 1. The molecular weight excluding hydrogens is 200 g/mol. The van der Waals surface area contributed by atoms with Crippen molar-refractivity contribution < 1.29 is 4.79 Å². The van der Waals surface area contributed by atoms with Gasteiger partial charge in [-0.3, -0.25) is 4.79 Å². The van der Waals surface area contributed by atoms with Crippen molar-refractivity contribution in [1.82, 2.24) is 4.90 Å². The summed E-state index contributed by atoms with van der Waals surface area (Å²) in [4.78, 5) is 13.7. The number of hydrogen-bond acceptors (Lipinski definition) is 2. The van der Waals surface area contributed by atoms with Crippen LogP contribution in [-0.4, -0.2) is 24.4 Å². The smallest absolute Gasteiger partial charge is 0.253 e. The van der Waals surface area contributed by atoms with Gasteiger partial charge in [0.25, 0.3) is 5.91 Å². The van der Waals surface area contributed by atoms with Gasteiger partial charge in [0.05, 0.1) is 0 Å². The molecule has 1 aromatic carbocycles. The molecule has 0 radical (unpaired) electrons. The lowest BCUT2D eigenvalue weighted by atomic mass is 10.1. The third-order valence-electron chi connectivity index (χ3n) is 2.58. The highest BCUT2D eigenvalue weighted by Crippen LogP contribution is 2.09. The van der Waals surface area contributed by atoms with Gasteiger partial charge < -0.3 is 10.6 Å². The molecule has 0 fully saturated rings. The fraction of sp³-hybridized carbons (Fsp3) is 0.462. The van der Waals surface area contributed by atoms with Crippen LogP contribution in [0.2, 0.25) is 0 Å². The summed E-state index contributed by atoms with van der Waals surface area (Å²) in [6.45, 7) is 2.96. The molecule has 88 valence electrons. The van der Waals surface area contributed by atoms with Crippen molar-refractivity contribution in [2.75, 3.05) is 19.3 Å². The molecule has 0 atom stereocenters. The highest BCUT2D eigenvalue weighted by Gasteiger charge is 2.10. The molecule has 1 amide bonds. The zero-order valence-electron chi connectivity index (χ0n) is 10.1. The number of nitrogens with zero attached hydrogens (tertiary/aromatic N) is 1. The molecule has 0 bridgehead atoms. The normalized spacial score (nSPS) is 10.1. The average Bonchev–Trinajstić information content (AvgIpc) is 2.28. The van der Waals surface area contributed by atoms with E-state index in [0.717, 1.165) is 19.4 Å². The van der Waals surface area contributed by atoms with Crippen molar-refractivity contribution in [3.05, 3.63) is 29.8 Å². The lowest BCUT2D eigenvalue weighted by Gasteiger charge is -2.17. The Morgan fingerprint density at radius 3 is 2.75 bits per heavy atom. The zero-order valence-corrected chi connectivity index (χ0v) is 10.1. The topological polar surface area (TPSA) is 46.3 Å². The second kappa shape index (κ2) is 6.16. The van der Waals surface area contributed by atoms with Crippen molar-refractivity contribution >= 4 is 11.6 Å². The highest BCUT2D eigenvalue weighted by molar-refractivity contribution is 5.94. The fourth-order valence-corrected chi connectivity index (χ4v) is 1.59. The van der Waals surface area contributed by atoms with Crippen LogP contribution in [0.3, 0.4) is 0 Å². The Labute approximate surface area is 97.2 Å². The van der Waals surface area contributed by atoms with E-state index in [0.29, 0.717) is 11.3 Å². The summed E-state index contributed by atoms with van der Waals surface area (Å²) in [5.41, 5.74) is 6.95. The number of nitrogens with two attached hydrogens (primary N) is 1. The number of unbranched alkanes of at least 4 members (excludes halogenated alkanes) is 2. The van der Waals surface area contributed by atoms with Gasteiger partial charge in [-0.2, -0.15) is 0 Å². The van der Waals surface area contributed by atoms with Crippen LogP contribution in [0.4, 0.5) is 5.69 Å². The maximum absolute atomic E-state index is 12.0. The van der Waals surface area contributed by atoms with E-state index in [1.54, 1.807) is 23.1 Å². The number of nitrogen functional groups attached to an aromatic ring is 1. The Balaban J connectivity index is 2.56. The minimum absolute atomic E-state index is 0.0448. The van der Waals surface area contributed by atoms with E-state index in [-0.39, 0.29) is 5.91 Å². The molecule has 0 aliphatic heterocycles. The van der Waals surface area contributed by atoms with E-state index in [4.69, 9.17) is 5.73 Å². The van der Waals surface area contributed by atoms with Gasteiger partial charge in [0.1, 0.15) is 0 Å². The molecule has 0 aromatic heterocycles. The monoisotopic (exact) mass is 220 g/mol. The van der Waals surface area contributed by atoms with Gasteiger partial charge in [-0.05, 0) is 24.6 Å². The van der Waals surface area contributed by atoms with E-state index in [1.165, 1.54) is 6.42 Å². The molecule has 0 saturated carbocycles. The van der Waals surface area contributed by atoms with Crippen LogP contribution >= 0.6 is 0 Å². The van der Waals surface area contributed by atoms with Gasteiger partial charge in [0.15, 0.2) is 0 Å². The fourth-order valence-electron chi connectivity index (χ4n) is 1.59. The summed E-state index contributed by atoms with van der Waals surface area (Å²) < 4.78 is 0. The molecule has 0 aliphatic carbocycles. The molecule has 1 aromatic rings. The number of amides is 1. The summed E-state index contributed by atoms with van der Waals surface area (Å²) >= 11 is 0. The Kier molecular flexibility index (Phi) is 4.83. The second-order valence-electron chi connectivity index (χ2n) is 4.06. The third kappa shape index (κ3) is 3.57. The molecule has 0 spiro atoms. The molecule has 0 unspecified atom stereocenters. The summed E-state index contributed by atoms with van der Waals surface area (Å²) in [5.74, 6) is 0.0448. The minimum atomic E-state index is 0.0448. The Hall–Kier alpha value is -1.51. The summed E-state index contributed by atoms with van der Waals surface area (Å²) in [6, 6.07) is 7.12. The largest absolute Gasteiger partial charge is 0.399 e. The summed E-state index contributed by atoms with van der Waals surface area (Å²) in [6.07, 6.45) is 3.38. The second-order valence-corrected chi connectivity index (χ2v) is 4.06. The van der Waals surface area contributed by atoms with Gasteiger partial charge in [0.2, 0.25) is 0 Å². The minimum Gasteiger partial charge on any atom is -0.399 e. The van der Waals surface area contributed by atoms with Crippen LogP contribution in [-0.2, 0) is 0 Å². The van der Waals surface area contributed by atoms with Crippen LogP contribution in [0.1, 0.15) is 36.5 Å². The van der Waals surface area contributed by atoms with E-state index in [9.17, 15) is 4.79 Å². The van der Waals surface area contributed by atoms with Gasteiger partial charge in [-0.15, -0.1) is 0 Å². The van der Waals surface area contributed by atoms with Gasteiger partial charge in [-0.1, -0.05) is 25.8 Å². The number of anilines is 1. The van der Waals surface area contributed by atoms with E-state index in [1.807, 2.05) is 13.1 Å². The SMILES string of the molecule is CCCCCN(C)C(=O)c1cccc(N)c1. The van der Waals surface area contributed by atoms with Gasteiger partial charge >= 0.3 is 0 Å². The lowest BCUT2D eigenvalue weighted by molar-refractivity contribution is 0.0792. The predicted molar refractivity (Wildman–Crippen MR) is 67.3 cm³/mol. The zero-order chi connectivity index (χ0) is 12.0. The van der Waals surface area contributed by atoms with Crippen LogP contribution in [0, 0.1) is 0 Å². The van der Waals surface area contributed by atoms with Gasteiger partial charge in [-0.25, -0.2) is 0 Å². The molecule has 0 aliphatic rings. The average molecular weight is 220 g/mol. The molecule has 16 heavy (non-hydrogen) atoms. The molecule has 2 N–H and O–H groups in total. The number of carbonyl (C=O) groups excluding carboxylic acids is 1. The molecular formula is C13H20N2O. The summed E-state index contributed by atoms with van der Waals surface area (Å²) in [7, 11) is 1.83. The predicted octanol–water partition coefficient (Wildman–Crippen LogP) is 2.53. The molecule has 0 heterocycles. The van der Waals surface area contributed by atoms with Crippen LogP contribution in [0.5, 0.6) is 0 Å². The molecule has 3 nitrogen and oxygen atoms in total. The van der Waals surface area contributed by atoms with Crippen LogP contribution in [0.15, 0.2) is 24.3 Å². The first kappa shape index (κ1) is 12.6. The lowest BCUT2D eigenvalue weighted by Crippen LogP contribution is -2.27. The Morgan fingerprint density at radius 2 is 2.12 bits per heavy atom. The quantitative estimate of drug-likeness (QED) is 0.612. The van der Waals surface area contributed by atoms with Crippen molar-refractivity contribution in [1.29, 1.82) is 0 Å². The van der Waals surface area contributed by atoms with Crippen molar-refractivity contribution in [2.45, 2.75) is 26.2 Å². The van der Waals surface area contributed by atoms with E-state index >= 15 is 0 Å².